The van der Waals surface area contributed by atoms with E-state index >= 15 is 0 Å². The average molecular weight is 244 g/mol. The fourth-order valence-corrected chi connectivity index (χ4v) is 3.40. The highest BCUT2D eigenvalue weighted by Crippen LogP contribution is 2.20. The molecule has 88 valence electrons. The molecule has 0 amide bonds. The number of allylic oxidation sites excluding steroid dienone is 1. The molecule has 16 heavy (non-hydrogen) atoms. The minimum absolute atomic E-state index is 0.837. The van der Waals surface area contributed by atoms with Gasteiger partial charge in [-0.1, -0.05) is 60.4 Å². The summed E-state index contributed by atoms with van der Waals surface area (Å²) in [6.07, 6.45) is -3.69. The number of alkyl halides is 3. The molecule has 0 fully saturated rings. The second kappa shape index (κ2) is 4.87. The molecular weight excluding hydrogens is 229 g/mol. The van der Waals surface area contributed by atoms with Crippen molar-refractivity contribution in [3.8, 4) is 0 Å². The Balaban J connectivity index is 2.73. The second-order valence-corrected chi connectivity index (χ2v) is 8.66. The van der Waals surface area contributed by atoms with Gasteiger partial charge in [-0.25, -0.2) is 0 Å². The Bertz CT molecular complexity index is 352. The van der Waals surface area contributed by atoms with Crippen LogP contribution in [0.15, 0.2) is 42.1 Å². The molecule has 0 aromatic heterocycles. The summed E-state index contributed by atoms with van der Waals surface area (Å²) >= 11 is 0. The molecule has 1 aromatic carbocycles. The Morgan fingerprint density at radius 1 is 1.12 bits per heavy atom. The third-order valence-corrected chi connectivity index (χ3v) is 5.29. The molecule has 1 rings (SSSR count). The molecule has 4 heteroatoms. The fraction of sp³-hybridized carbons (Fsp3) is 0.333. The minimum Gasteiger partial charge on any atom is -0.171 e. The molecule has 1 aromatic rings. The van der Waals surface area contributed by atoms with Crippen LogP contribution in [0.2, 0.25) is 13.1 Å². The molecule has 0 saturated carbocycles. The SMILES string of the molecule is C[Si](C)(/C=C/CC(F)(F)F)c1ccccc1. The van der Waals surface area contributed by atoms with Gasteiger partial charge in [-0.05, 0) is 0 Å². The molecule has 0 aliphatic carbocycles. The van der Waals surface area contributed by atoms with Crippen LogP contribution in [0.1, 0.15) is 6.42 Å². The van der Waals surface area contributed by atoms with E-state index in [0.717, 1.165) is 5.19 Å². The summed E-state index contributed by atoms with van der Waals surface area (Å²) in [6.45, 7) is 4.07. The normalized spacial score (nSPS) is 13.3. The van der Waals surface area contributed by atoms with Crippen molar-refractivity contribution in [3.05, 3.63) is 42.1 Å². The van der Waals surface area contributed by atoms with Gasteiger partial charge in [0.25, 0.3) is 0 Å². The molecule has 0 radical (unpaired) electrons. The van der Waals surface area contributed by atoms with E-state index < -0.39 is 20.7 Å². The van der Waals surface area contributed by atoms with Crippen LogP contribution in [0.5, 0.6) is 0 Å². The third-order valence-electron chi connectivity index (χ3n) is 2.40. The van der Waals surface area contributed by atoms with Crippen LogP contribution in [-0.2, 0) is 0 Å². The highest BCUT2D eigenvalue weighted by molar-refractivity contribution is 6.93. The topological polar surface area (TPSA) is 0 Å². The number of hydrogen-bond acceptors (Lipinski definition) is 0. The lowest BCUT2D eigenvalue weighted by Crippen LogP contribution is -2.39. The van der Waals surface area contributed by atoms with Gasteiger partial charge < -0.3 is 0 Å². The van der Waals surface area contributed by atoms with E-state index in [4.69, 9.17) is 0 Å². The third kappa shape index (κ3) is 4.22. The summed E-state index contributed by atoms with van der Waals surface area (Å²) in [7, 11) is -1.86. The summed E-state index contributed by atoms with van der Waals surface area (Å²) in [6, 6.07) is 9.70. The van der Waals surface area contributed by atoms with Crippen molar-refractivity contribution in [2.75, 3.05) is 0 Å². The summed E-state index contributed by atoms with van der Waals surface area (Å²) < 4.78 is 36.0. The van der Waals surface area contributed by atoms with Gasteiger partial charge in [0, 0.05) is 0 Å². The van der Waals surface area contributed by atoms with E-state index in [-0.39, 0.29) is 0 Å². The predicted molar refractivity (Wildman–Crippen MR) is 63.4 cm³/mol. The van der Waals surface area contributed by atoms with Crippen LogP contribution < -0.4 is 5.19 Å². The van der Waals surface area contributed by atoms with Crippen molar-refractivity contribution in [3.63, 3.8) is 0 Å². The number of rotatable bonds is 3. The quantitative estimate of drug-likeness (QED) is 0.712. The smallest absolute Gasteiger partial charge is 0.171 e. The minimum atomic E-state index is -4.10. The van der Waals surface area contributed by atoms with Crippen molar-refractivity contribution in [2.24, 2.45) is 0 Å². The van der Waals surface area contributed by atoms with E-state index in [1.807, 2.05) is 43.4 Å². The summed E-state index contributed by atoms with van der Waals surface area (Å²) in [4.78, 5) is 0. The highest BCUT2D eigenvalue weighted by Gasteiger charge is 2.26. The Kier molecular flexibility index (Phi) is 3.96. The number of benzene rings is 1. The van der Waals surface area contributed by atoms with E-state index in [2.05, 4.69) is 0 Å². The van der Waals surface area contributed by atoms with Crippen LogP contribution in [-0.4, -0.2) is 14.3 Å². The molecule has 0 aliphatic heterocycles. The molecule has 0 N–H and O–H groups in total. The summed E-state index contributed by atoms with van der Waals surface area (Å²) in [5.74, 6) is 0. The molecule has 0 bridgehead atoms. The van der Waals surface area contributed by atoms with Gasteiger partial charge in [-0.15, -0.1) is 0 Å². The monoisotopic (exact) mass is 244 g/mol. The van der Waals surface area contributed by atoms with Gasteiger partial charge in [0.1, 0.15) is 8.07 Å². The Morgan fingerprint density at radius 2 is 1.69 bits per heavy atom. The maximum Gasteiger partial charge on any atom is 0.392 e. The van der Waals surface area contributed by atoms with Crippen LogP contribution >= 0.6 is 0 Å². The van der Waals surface area contributed by atoms with Gasteiger partial charge >= 0.3 is 6.18 Å². The van der Waals surface area contributed by atoms with Crippen LogP contribution in [0.25, 0.3) is 0 Å². The van der Waals surface area contributed by atoms with E-state index in [0.29, 0.717) is 0 Å². The number of halogens is 3. The van der Waals surface area contributed by atoms with E-state index in [1.54, 1.807) is 5.70 Å². The Labute approximate surface area is 94.8 Å². The summed E-state index contributed by atoms with van der Waals surface area (Å²) in [5, 5.41) is 1.15. The van der Waals surface area contributed by atoms with Crippen molar-refractivity contribution in [1.82, 2.24) is 0 Å². The molecule has 0 unspecified atom stereocenters. The lowest BCUT2D eigenvalue weighted by molar-refractivity contribution is -0.124. The fourth-order valence-electron chi connectivity index (χ4n) is 1.45. The molecule has 0 spiro atoms. The second-order valence-electron chi connectivity index (χ2n) is 4.31. The molecule has 0 saturated heterocycles. The summed E-state index contributed by atoms with van der Waals surface area (Å²) in [5.41, 5.74) is 1.75. The molecule has 0 nitrogen and oxygen atoms in total. The van der Waals surface area contributed by atoms with Gasteiger partial charge in [0.2, 0.25) is 0 Å². The Hall–Kier alpha value is -1.03. The van der Waals surface area contributed by atoms with Gasteiger partial charge in [0.05, 0.1) is 6.42 Å². The molecule has 0 heterocycles. The highest BCUT2D eigenvalue weighted by atomic mass is 28.3. The standard InChI is InChI=1S/C12H15F3Si/c1-16(2,10-6-9-12(13,14)15)11-7-4-3-5-8-11/h3-8,10H,9H2,1-2H3/b10-6+. The van der Waals surface area contributed by atoms with Crippen molar-refractivity contribution < 1.29 is 13.2 Å². The zero-order valence-electron chi connectivity index (χ0n) is 9.38. The first-order valence-corrected chi connectivity index (χ1v) is 8.19. The lowest BCUT2D eigenvalue weighted by atomic mass is 10.4. The first-order chi connectivity index (χ1) is 7.31. The largest absolute Gasteiger partial charge is 0.392 e. The van der Waals surface area contributed by atoms with E-state index in [1.165, 1.54) is 6.08 Å². The van der Waals surface area contributed by atoms with Crippen LogP contribution in [0.4, 0.5) is 13.2 Å². The number of hydrogen-bond donors (Lipinski definition) is 0. The first-order valence-electron chi connectivity index (χ1n) is 5.11. The maximum atomic E-state index is 12.0. The van der Waals surface area contributed by atoms with Crippen molar-refractivity contribution in [1.29, 1.82) is 0 Å². The zero-order valence-corrected chi connectivity index (χ0v) is 10.4. The average Bonchev–Trinajstić information content (AvgIpc) is 2.17. The van der Waals surface area contributed by atoms with Gasteiger partial charge in [-0.2, -0.15) is 13.2 Å². The van der Waals surface area contributed by atoms with Crippen LogP contribution in [0, 0.1) is 0 Å². The molecular formula is C12H15F3Si. The van der Waals surface area contributed by atoms with Crippen LogP contribution in [0.3, 0.4) is 0 Å². The Morgan fingerprint density at radius 3 is 2.19 bits per heavy atom. The van der Waals surface area contributed by atoms with Crippen molar-refractivity contribution in [2.45, 2.75) is 25.7 Å². The molecule has 0 atom stereocenters. The molecule has 0 aliphatic rings. The zero-order chi connectivity index (χ0) is 12.2. The van der Waals surface area contributed by atoms with Crippen molar-refractivity contribution >= 4 is 13.3 Å². The predicted octanol–water partition coefficient (Wildman–Crippen LogP) is 3.65. The maximum absolute atomic E-state index is 12.0. The first kappa shape index (κ1) is 13.0. The van der Waals surface area contributed by atoms with E-state index in [9.17, 15) is 13.2 Å². The van der Waals surface area contributed by atoms with Gasteiger partial charge in [-0.3, -0.25) is 0 Å². The lowest BCUT2D eigenvalue weighted by Gasteiger charge is -2.18. The van der Waals surface area contributed by atoms with Gasteiger partial charge in [0.15, 0.2) is 0 Å².